The van der Waals surface area contributed by atoms with Crippen LogP contribution >= 0.6 is 0 Å². The zero-order valence-corrected chi connectivity index (χ0v) is 12.0. The molecule has 0 saturated carbocycles. The minimum absolute atomic E-state index is 0.166. The van der Waals surface area contributed by atoms with Crippen molar-refractivity contribution in [2.45, 2.75) is 18.4 Å². The van der Waals surface area contributed by atoms with Gasteiger partial charge in [0, 0.05) is 22.7 Å². The second-order valence-electron chi connectivity index (χ2n) is 5.59. The van der Waals surface area contributed by atoms with Crippen LogP contribution in [0.25, 0.3) is 0 Å². The predicted molar refractivity (Wildman–Crippen MR) is 85.3 cm³/mol. The maximum absolute atomic E-state index is 5.94. The van der Waals surface area contributed by atoms with E-state index in [0.29, 0.717) is 12.3 Å². The van der Waals surface area contributed by atoms with Gasteiger partial charge >= 0.3 is 0 Å². The molecule has 0 fully saturated rings. The monoisotopic (exact) mass is 295 g/mol. The summed E-state index contributed by atoms with van der Waals surface area (Å²) in [6.07, 6.45) is 0.671. The third kappa shape index (κ3) is 2.06. The summed E-state index contributed by atoms with van der Waals surface area (Å²) in [7, 11) is 0. The summed E-state index contributed by atoms with van der Waals surface area (Å²) in [4.78, 5) is 4.27. The molecule has 0 radical (unpaired) electrons. The molecule has 0 saturated heterocycles. The van der Waals surface area contributed by atoms with Gasteiger partial charge in [0.15, 0.2) is 0 Å². The van der Waals surface area contributed by atoms with Crippen LogP contribution in [0.4, 0.5) is 11.4 Å². The SMILES string of the molecule is NC1=Nc2ccc(N)cc2C(C2CCOc3ccccc32)O1. The average Bonchev–Trinajstić information content (AvgIpc) is 2.54. The summed E-state index contributed by atoms with van der Waals surface area (Å²) in [5.41, 5.74) is 15.5. The van der Waals surface area contributed by atoms with Crippen LogP contribution < -0.4 is 16.2 Å². The summed E-state index contributed by atoms with van der Waals surface area (Å²) in [5.74, 6) is 1.08. The maximum Gasteiger partial charge on any atom is 0.287 e. The first-order chi connectivity index (χ1) is 10.7. The van der Waals surface area contributed by atoms with E-state index < -0.39 is 0 Å². The lowest BCUT2D eigenvalue weighted by molar-refractivity contribution is 0.123. The van der Waals surface area contributed by atoms with Crippen molar-refractivity contribution in [1.82, 2.24) is 0 Å². The molecule has 2 heterocycles. The Labute approximate surface area is 128 Å². The summed E-state index contributed by atoms with van der Waals surface area (Å²) >= 11 is 0. The van der Waals surface area contributed by atoms with Crippen molar-refractivity contribution in [2.24, 2.45) is 10.7 Å². The molecule has 0 aromatic heterocycles. The van der Waals surface area contributed by atoms with Gasteiger partial charge in [-0.2, -0.15) is 4.99 Å². The Kier molecular flexibility index (Phi) is 2.92. The van der Waals surface area contributed by atoms with Gasteiger partial charge in [-0.1, -0.05) is 18.2 Å². The first-order valence-corrected chi connectivity index (χ1v) is 7.34. The van der Waals surface area contributed by atoms with E-state index in [0.717, 1.165) is 29.0 Å². The topological polar surface area (TPSA) is 82.9 Å². The van der Waals surface area contributed by atoms with E-state index >= 15 is 0 Å². The Morgan fingerprint density at radius 3 is 2.82 bits per heavy atom. The van der Waals surface area contributed by atoms with Crippen molar-refractivity contribution >= 4 is 17.4 Å². The number of hydrogen-bond donors (Lipinski definition) is 2. The molecule has 2 atom stereocenters. The number of aliphatic imine (C=N–C) groups is 1. The summed E-state index contributed by atoms with van der Waals surface area (Å²) in [5, 5.41) is 0. The number of nitrogen functional groups attached to an aromatic ring is 1. The number of amidine groups is 1. The van der Waals surface area contributed by atoms with Crippen LogP contribution in [0.2, 0.25) is 0 Å². The summed E-state index contributed by atoms with van der Waals surface area (Å²) < 4.78 is 11.6. The van der Waals surface area contributed by atoms with Crippen molar-refractivity contribution in [3.8, 4) is 5.75 Å². The molecule has 112 valence electrons. The maximum atomic E-state index is 5.94. The zero-order chi connectivity index (χ0) is 15.1. The average molecular weight is 295 g/mol. The number of anilines is 1. The molecule has 2 aliphatic heterocycles. The minimum atomic E-state index is -0.193. The molecule has 5 heteroatoms. The van der Waals surface area contributed by atoms with Crippen molar-refractivity contribution in [1.29, 1.82) is 0 Å². The first kappa shape index (κ1) is 13.0. The molecule has 5 nitrogen and oxygen atoms in total. The highest BCUT2D eigenvalue weighted by Crippen LogP contribution is 2.47. The van der Waals surface area contributed by atoms with Gasteiger partial charge in [0.1, 0.15) is 11.9 Å². The molecule has 0 aliphatic carbocycles. The number of ether oxygens (including phenoxy) is 2. The predicted octanol–water partition coefficient (Wildman–Crippen LogP) is 2.85. The molecular formula is C17H17N3O2. The Hall–Kier alpha value is -2.69. The van der Waals surface area contributed by atoms with Gasteiger partial charge in [0.2, 0.25) is 0 Å². The van der Waals surface area contributed by atoms with Gasteiger partial charge in [-0.15, -0.1) is 0 Å². The number of hydrogen-bond acceptors (Lipinski definition) is 5. The quantitative estimate of drug-likeness (QED) is 0.792. The molecule has 2 unspecified atom stereocenters. The van der Waals surface area contributed by atoms with Crippen molar-refractivity contribution in [2.75, 3.05) is 12.3 Å². The van der Waals surface area contributed by atoms with Crippen LogP contribution in [0.1, 0.15) is 29.6 Å². The van der Waals surface area contributed by atoms with Crippen LogP contribution in [0, 0.1) is 0 Å². The van der Waals surface area contributed by atoms with Gasteiger partial charge in [-0.3, -0.25) is 0 Å². The van der Waals surface area contributed by atoms with Crippen LogP contribution in [0.5, 0.6) is 5.75 Å². The van der Waals surface area contributed by atoms with Crippen LogP contribution in [-0.2, 0) is 4.74 Å². The molecule has 0 bridgehead atoms. The van der Waals surface area contributed by atoms with E-state index in [2.05, 4.69) is 11.1 Å². The van der Waals surface area contributed by atoms with Gasteiger partial charge in [0.25, 0.3) is 6.02 Å². The largest absolute Gasteiger partial charge is 0.493 e. The fourth-order valence-electron chi connectivity index (χ4n) is 3.22. The molecule has 0 spiro atoms. The second kappa shape index (κ2) is 4.94. The van der Waals surface area contributed by atoms with Crippen LogP contribution in [0.3, 0.4) is 0 Å². The number of rotatable bonds is 1. The highest BCUT2D eigenvalue weighted by Gasteiger charge is 2.35. The third-order valence-corrected chi connectivity index (χ3v) is 4.21. The molecule has 4 rings (SSSR count). The third-order valence-electron chi connectivity index (χ3n) is 4.21. The van der Waals surface area contributed by atoms with Gasteiger partial charge in [0.05, 0.1) is 12.3 Å². The second-order valence-corrected chi connectivity index (χ2v) is 5.59. The fraction of sp³-hybridized carbons (Fsp3) is 0.235. The van der Waals surface area contributed by atoms with Crippen molar-refractivity contribution in [3.63, 3.8) is 0 Å². The van der Waals surface area contributed by atoms with E-state index in [1.807, 2.05) is 36.4 Å². The molecule has 2 aromatic rings. The smallest absolute Gasteiger partial charge is 0.287 e. The van der Waals surface area contributed by atoms with E-state index in [-0.39, 0.29) is 18.0 Å². The molecule has 0 amide bonds. The molecule has 2 aliphatic rings. The zero-order valence-electron chi connectivity index (χ0n) is 12.0. The van der Waals surface area contributed by atoms with E-state index in [4.69, 9.17) is 20.9 Å². The lowest BCUT2D eigenvalue weighted by Gasteiger charge is -2.34. The van der Waals surface area contributed by atoms with Crippen molar-refractivity contribution in [3.05, 3.63) is 53.6 Å². The highest BCUT2D eigenvalue weighted by molar-refractivity contribution is 5.79. The first-order valence-electron chi connectivity index (χ1n) is 7.34. The normalized spacial score (nSPS) is 22.6. The van der Waals surface area contributed by atoms with Crippen LogP contribution in [-0.4, -0.2) is 12.6 Å². The number of nitrogens with zero attached hydrogens (tertiary/aromatic N) is 1. The summed E-state index contributed by atoms with van der Waals surface area (Å²) in [6, 6.07) is 13.9. The molecule has 4 N–H and O–H groups in total. The van der Waals surface area contributed by atoms with Gasteiger partial charge < -0.3 is 20.9 Å². The molecule has 2 aromatic carbocycles. The van der Waals surface area contributed by atoms with E-state index in [9.17, 15) is 0 Å². The number of fused-ring (bicyclic) bond motifs is 2. The highest BCUT2D eigenvalue weighted by atomic mass is 16.5. The van der Waals surface area contributed by atoms with Crippen molar-refractivity contribution < 1.29 is 9.47 Å². The van der Waals surface area contributed by atoms with E-state index in [1.54, 1.807) is 0 Å². The fourth-order valence-corrected chi connectivity index (χ4v) is 3.22. The standard InChI is InChI=1S/C17H17N3O2/c18-10-5-6-14-13(9-10)16(22-17(19)20-14)12-7-8-21-15-4-2-1-3-11(12)15/h1-6,9,12,16H,7-8,18H2,(H2,19,20). The summed E-state index contributed by atoms with van der Waals surface area (Å²) in [6.45, 7) is 0.663. The van der Waals surface area contributed by atoms with Gasteiger partial charge in [-0.05, 0) is 30.7 Å². The van der Waals surface area contributed by atoms with Gasteiger partial charge in [-0.25, -0.2) is 0 Å². The Morgan fingerprint density at radius 2 is 1.91 bits per heavy atom. The number of benzene rings is 2. The minimum Gasteiger partial charge on any atom is -0.493 e. The van der Waals surface area contributed by atoms with Crippen LogP contribution in [0.15, 0.2) is 47.5 Å². The molecular weight excluding hydrogens is 278 g/mol. The number of nitrogens with two attached hydrogens (primary N) is 2. The lowest BCUT2D eigenvalue weighted by Crippen LogP contribution is -2.29. The Bertz CT molecular complexity index is 757. The molecule has 22 heavy (non-hydrogen) atoms. The Morgan fingerprint density at radius 1 is 1.05 bits per heavy atom. The number of para-hydroxylation sites is 1. The lowest BCUT2D eigenvalue weighted by atomic mass is 9.84. The Balaban J connectivity index is 1.82. The van der Waals surface area contributed by atoms with E-state index in [1.165, 1.54) is 0 Å².